The molecule has 6 aromatic heterocycles. The second kappa shape index (κ2) is 15.6. The zero-order valence-corrected chi connectivity index (χ0v) is 37.0. The van der Waals surface area contributed by atoms with Crippen LogP contribution in [0.2, 0.25) is 19.6 Å². The van der Waals surface area contributed by atoms with Crippen LogP contribution in [0.4, 0.5) is 0 Å². The predicted molar refractivity (Wildman–Crippen MR) is 235 cm³/mol. The molecule has 0 bridgehead atoms. The van der Waals surface area contributed by atoms with Gasteiger partial charge in [0.1, 0.15) is 5.58 Å². The third-order valence-corrected chi connectivity index (χ3v) is 12.4. The van der Waals surface area contributed by atoms with Crippen molar-refractivity contribution in [3.63, 3.8) is 0 Å². The van der Waals surface area contributed by atoms with Gasteiger partial charge in [-0.15, -0.1) is 36.4 Å². The predicted octanol–water partition coefficient (Wildman–Crippen LogP) is 12.0. The minimum atomic E-state index is -1.46. The molecule has 4 aromatic carbocycles. The van der Waals surface area contributed by atoms with Crippen molar-refractivity contribution in [2.24, 2.45) is 5.92 Å². The van der Waals surface area contributed by atoms with Crippen LogP contribution in [0.25, 0.3) is 83.4 Å². The summed E-state index contributed by atoms with van der Waals surface area (Å²) in [5.74, 6) is 1.41. The molecule has 0 aliphatic carbocycles. The zero-order valence-electron chi connectivity index (χ0n) is 33.6. The first-order valence-corrected chi connectivity index (χ1v) is 23.0. The molecule has 0 aliphatic rings. The molecular weight excluding hydrogens is 911 g/mol. The fraction of sp³-hybridized carbons (Fsp3) is 0.184. The van der Waals surface area contributed by atoms with Crippen molar-refractivity contribution in [2.75, 3.05) is 0 Å². The van der Waals surface area contributed by atoms with Crippen molar-refractivity contribution >= 4 is 68.3 Å². The molecule has 1 radical (unpaired) electrons. The van der Waals surface area contributed by atoms with E-state index in [1.54, 1.807) is 6.20 Å². The number of para-hydroxylation sites is 3. The van der Waals surface area contributed by atoms with Crippen LogP contribution in [-0.2, 0) is 26.5 Å². The largest absolute Gasteiger partial charge is 0.499 e. The first kappa shape index (κ1) is 39.1. The molecule has 0 saturated carbocycles. The summed E-state index contributed by atoms with van der Waals surface area (Å²) in [4.78, 5) is 18.7. The van der Waals surface area contributed by atoms with E-state index in [0.717, 1.165) is 95.5 Å². The Hall–Kier alpha value is -5.73. The van der Waals surface area contributed by atoms with Crippen LogP contribution in [-0.4, -0.2) is 32.6 Å². The topological polar surface area (TPSA) is 82.8 Å². The number of aryl methyl sites for hydroxylation is 2. The molecule has 9 heteroatoms. The van der Waals surface area contributed by atoms with Gasteiger partial charge in [-0.1, -0.05) is 97.3 Å². The molecule has 6 heterocycles. The summed E-state index contributed by atoms with van der Waals surface area (Å²) in [6, 6.07) is 41.6. The number of pyridine rings is 3. The van der Waals surface area contributed by atoms with E-state index in [1.807, 2.05) is 80.6 Å². The smallest absolute Gasteiger partial charge is 0.216 e. The van der Waals surface area contributed by atoms with Gasteiger partial charge in [-0.2, -0.15) is 0 Å². The standard InChI is InChI=1S/C25H16N3O.C24H27N2OSi.Ir/c1-16-14-20-18-10-7-11-19(24(18)29-23(20)15-26-16)25-27-21-12-5-6-13-22(21)28(25)17-8-3-2-4-9-17;1-15(2)12-17-13-21(25-14-22(17)28(4,5)6)20-9-7-8-18-19-11-10-16(3)26-24(19)27-23(18)20;/h2-10,12-15H,1H3;7-8,10-11,13-15H,12H2,1-6H3;/q2*-1;. The molecular formula is C49H43IrN5O2Si-2. The van der Waals surface area contributed by atoms with Gasteiger partial charge < -0.3 is 18.4 Å². The maximum atomic E-state index is 6.23. The Morgan fingerprint density at radius 1 is 0.690 bits per heavy atom. The average molecular weight is 954 g/mol. The molecule has 10 aromatic rings. The number of hydrogen-bond donors (Lipinski definition) is 0. The number of hydrogen-bond acceptors (Lipinski definition) is 6. The van der Waals surface area contributed by atoms with Gasteiger partial charge in [0.05, 0.1) is 42.3 Å². The average Bonchev–Trinajstić information content (AvgIpc) is 3.88. The van der Waals surface area contributed by atoms with Gasteiger partial charge in [0, 0.05) is 54.1 Å². The molecule has 0 unspecified atom stereocenters. The molecule has 0 aliphatic heterocycles. The Labute approximate surface area is 352 Å². The Bertz CT molecular complexity index is 3100. The third-order valence-electron chi connectivity index (χ3n) is 10.4. The Morgan fingerprint density at radius 2 is 1.40 bits per heavy atom. The van der Waals surface area contributed by atoms with Gasteiger partial charge in [0.2, 0.25) is 5.71 Å². The van der Waals surface area contributed by atoms with Gasteiger partial charge in [-0.05, 0) is 79.5 Å². The van der Waals surface area contributed by atoms with E-state index in [1.165, 1.54) is 10.8 Å². The second-order valence-electron chi connectivity index (χ2n) is 16.2. The fourth-order valence-electron chi connectivity index (χ4n) is 7.77. The number of nitrogens with zero attached hydrogens (tertiary/aromatic N) is 5. The maximum absolute atomic E-state index is 6.23. The van der Waals surface area contributed by atoms with Crippen LogP contribution < -0.4 is 5.19 Å². The number of rotatable bonds is 6. The Kier molecular flexibility index (Phi) is 10.5. The minimum absolute atomic E-state index is 0. The van der Waals surface area contributed by atoms with Crippen LogP contribution in [0.5, 0.6) is 0 Å². The summed E-state index contributed by atoms with van der Waals surface area (Å²) in [7, 11) is -1.46. The van der Waals surface area contributed by atoms with Crippen molar-refractivity contribution < 1.29 is 28.9 Å². The molecule has 7 nitrogen and oxygen atoms in total. The van der Waals surface area contributed by atoms with Crippen molar-refractivity contribution in [1.82, 2.24) is 24.5 Å². The zero-order chi connectivity index (χ0) is 39.4. The number of benzene rings is 4. The molecule has 291 valence electrons. The monoisotopic (exact) mass is 954 g/mol. The Morgan fingerprint density at radius 3 is 2.16 bits per heavy atom. The van der Waals surface area contributed by atoms with Crippen molar-refractivity contribution in [2.45, 2.75) is 53.8 Å². The summed E-state index contributed by atoms with van der Waals surface area (Å²) in [6.07, 6.45) is 4.94. The number of fused-ring (bicyclic) bond motifs is 7. The summed E-state index contributed by atoms with van der Waals surface area (Å²) < 4.78 is 14.6. The molecule has 0 N–H and O–H groups in total. The van der Waals surface area contributed by atoms with E-state index >= 15 is 0 Å². The van der Waals surface area contributed by atoms with Gasteiger partial charge in [-0.3, -0.25) is 9.97 Å². The quantitative estimate of drug-likeness (QED) is 0.122. The summed E-state index contributed by atoms with van der Waals surface area (Å²) in [5, 5.41) is 5.66. The fourth-order valence-corrected chi connectivity index (χ4v) is 9.36. The Balaban J connectivity index is 0.000000159. The molecule has 0 saturated heterocycles. The van der Waals surface area contributed by atoms with Gasteiger partial charge in [-0.25, -0.2) is 4.98 Å². The number of furan rings is 2. The van der Waals surface area contributed by atoms with E-state index < -0.39 is 8.07 Å². The number of aromatic nitrogens is 5. The first-order valence-electron chi connectivity index (χ1n) is 19.5. The van der Waals surface area contributed by atoms with Crippen LogP contribution in [0, 0.1) is 31.9 Å². The summed E-state index contributed by atoms with van der Waals surface area (Å²) >= 11 is 0. The molecule has 0 amide bonds. The van der Waals surface area contributed by atoms with Crippen molar-refractivity contribution in [3.8, 4) is 28.3 Å². The van der Waals surface area contributed by atoms with Gasteiger partial charge in [0.15, 0.2) is 0 Å². The summed E-state index contributed by atoms with van der Waals surface area (Å²) in [5.41, 5.74) is 12.1. The van der Waals surface area contributed by atoms with Crippen LogP contribution >= 0.6 is 0 Å². The SMILES string of the molecule is Cc1cc2c(cn1)oc1c(-c3nc4ccccc4n3-c3ccccc3)[c-]ccc12.Cc1ccc2c(n1)oc1c(-c3cc(CC(C)C)c([Si](C)(C)C)cn3)[c-]ccc12.[Ir]. The van der Waals surface area contributed by atoms with Gasteiger partial charge >= 0.3 is 0 Å². The van der Waals surface area contributed by atoms with E-state index in [0.29, 0.717) is 11.6 Å². The van der Waals surface area contributed by atoms with Crippen molar-refractivity contribution in [1.29, 1.82) is 0 Å². The summed E-state index contributed by atoms with van der Waals surface area (Å²) in [6.45, 7) is 15.7. The molecule has 10 rings (SSSR count). The maximum Gasteiger partial charge on any atom is 0.216 e. The van der Waals surface area contributed by atoms with E-state index in [9.17, 15) is 0 Å². The first-order chi connectivity index (χ1) is 27.5. The van der Waals surface area contributed by atoms with Crippen molar-refractivity contribution in [3.05, 3.63) is 145 Å². The molecule has 58 heavy (non-hydrogen) atoms. The van der Waals surface area contributed by atoms with E-state index in [-0.39, 0.29) is 20.1 Å². The van der Waals surface area contributed by atoms with Crippen LogP contribution in [0.1, 0.15) is 30.8 Å². The molecule has 0 atom stereocenters. The van der Waals surface area contributed by atoms with E-state index in [4.69, 9.17) is 18.8 Å². The van der Waals surface area contributed by atoms with Crippen LogP contribution in [0.15, 0.2) is 124 Å². The third kappa shape index (κ3) is 7.19. The van der Waals surface area contributed by atoms with E-state index in [2.05, 4.69) is 103 Å². The molecule has 0 spiro atoms. The molecule has 0 fully saturated rings. The van der Waals surface area contributed by atoms with Crippen LogP contribution in [0.3, 0.4) is 0 Å². The number of imidazole rings is 1. The normalized spacial score (nSPS) is 11.8. The second-order valence-corrected chi connectivity index (χ2v) is 21.2. The minimum Gasteiger partial charge on any atom is -0.499 e. The van der Waals surface area contributed by atoms with Gasteiger partial charge in [0.25, 0.3) is 0 Å².